The van der Waals surface area contributed by atoms with Crippen molar-refractivity contribution in [2.24, 2.45) is 0 Å². The number of anilines is 2. The van der Waals surface area contributed by atoms with Gasteiger partial charge >= 0.3 is 0 Å². The highest BCUT2D eigenvalue weighted by atomic mass is 31.1. The number of methoxy groups -OCH3 is 2. The molecule has 0 spiro atoms. The summed E-state index contributed by atoms with van der Waals surface area (Å²) in [6.07, 6.45) is 0. The average molecular weight is 434 g/mol. The molecule has 0 amide bonds. The molecule has 0 aromatic heterocycles. The quantitative estimate of drug-likeness (QED) is 0.407. The van der Waals surface area contributed by atoms with E-state index >= 15 is 0 Å². The molecular formula is C27H32NO2P. The first-order chi connectivity index (χ1) is 14.7. The van der Waals surface area contributed by atoms with E-state index in [9.17, 15) is 0 Å². The largest absolute Gasteiger partial charge is 0.496 e. The molecule has 4 heteroatoms. The molecule has 0 N–H and O–H groups in total. The minimum Gasteiger partial charge on any atom is -0.496 e. The van der Waals surface area contributed by atoms with E-state index in [-0.39, 0.29) is 10.4 Å². The standard InChI is InChI=1S/C27H32NO2P/c1-26(2,3)31-25-20(24-22(29-6)17-12-18-23(24)30-7)15-11-16-21(25)28(27(31,4)5)19-13-9-8-10-14-19/h8-18H,1-7H3/t31-/m0/s1. The van der Waals surface area contributed by atoms with Gasteiger partial charge in [-0.25, -0.2) is 0 Å². The highest BCUT2D eigenvalue weighted by Gasteiger charge is 2.51. The van der Waals surface area contributed by atoms with Gasteiger partial charge < -0.3 is 14.4 Å². The fraction of sp³-hybridized carbons (Fsp3) is 0.333. The van der Waals surface area contributed by atoms with Crippen molar-refractivity contribution in [1.82, 2.24) is 0 Å². The van der Waals surface area contributed by atoms with Crippen molar-refractivity contribution in [2.75, 3.05) is 19.1 Å². The second-order valence-electron chi connectivity index (χ2n) is 9.38. The molecule has 0 saturated heterocycles. The van der Waals surface area contributed by atoms with Crippen molar-refractivity contribution < 1.29 is 9.47 Å². The second kappa shape index (κ2) is 7.88. The molecule has 162 valence electrons. The number of fused-ring (bicyclic) bond motifs is 1. The zero-order valence-electron chi connectivity index (χ0n) is 19.6. The minimum atomic E-state index is -0.573. The Bertz CT molecular complexity index is 1060. The molecule has 0 radical (unpaired) electrons. The molecule has 4 rings (SSSR count). The lowest BCUT2D eigenvalue weighted by atomic mass is 10.0. The van der Waals surface area contributed by atoms with Gasteiger partial charge in [-0.2, -0.15) is 0 Å². The molecule has 1 atom stereocenters. The van der Waals surface area contributed by atoms with Crippen LogP contribution < -0.4 is 19.7 Å². The summed E-state index contributed by atoms with van der Waals surface area (Å²) in [6, 6.07) is 23.4. The van der Waals surface area contributed by atoms with Crippen LogP contribution in [0.15, 0.2) is 66.7 Å². The summed E-state index contributed by atoms with van der Waals surface area (Å²) >= 11 is 0. The molecule has 0 unspecified atom stereocenters. The van der Waals surface area contributed by atoms with Crippen LogP contribution in [0.3, 0.4) is 0 Å². The van der Waals surface area contributed by atoms with E-state index in [4.69, 9.17) is 9.47 Å². The Labute approximate surface area is 187 Å². The number of hydrogen-bond donors (Lipinski definition) is 0. The summed E-state index contributed by atoms with van der Waals surface area (Å²) < 4.78 is 11.6. The Morgan fingerprint density at radius 1 is 0.774 bits per heavy atom. The molecule has 0 bridgehead atoms. The van der Waals surface area contributed by atoms with E-state index < -0.39 is 7.92 Å². The third kappa shape index (κ3) is 3.49. The molecule has 0 fully saturated rings. The fourth-order valence-corrected chi connectivity index (χ4v) is 9.24. The third-order valence-electron chi connectivity index (χ3n) is 5.96. The number of ether oxygens (including phenoxy) is 2. The first kappa shape index (κ1) is 21.7. The third-order valence-corrected chi connectivity index (χ3v) is 9.51. The van der Waals surface area contributed by atoms with E-state index in [1.807, 2.05) is 18.2 Å². The van der Waals surface area contributed by atoms with Crippen LogP contribution in [0, 0.1) is 0 Å². The van der Waals surface area contributed by atoms with E-state index in [1.165, 1.54) is 22.2 Å². The zero-order chi connectivity index (χ0) is 22.4. The molecule has 31 heavy (non-hydrogen) atoms. The van der Waals surface area contributed by atoms with E-state index in [0.29, 0.717) is 0 Å². The van der Waals surface area contributed by atoms with Gasteiger partial charge in [0.05, 0.1) is 30.8 Å². The maximum Gasteiger partial charge on any atom is 0.130 e. The highest BCUT2D eigenvalue weighted by molar-refractivity contribution is 7.70. The Morgan fingerprint density at radius 2 is 1.35 bits per heavy atom. The molecule has 1 aliphatic rings. The summed E-state index contributed by atoms with van der Waals surface area (Å²) in [4.78, 5) is 2.53. The Morgan fingerprint density at radius 3 is 1.90 bits per heavy atom. The summed E-state index contributed by atoms with van der Waals surface area (Å²) in [7, 11) is 2.89. The van der Waals surface area contributed by atoms with Crippen molar-refractivity contribution in [2.45, 2.75) is 45.1 Å². The smallest absolute Gasteiger partial charge is 0.130 e. The first-order valence-corrected chi connectivity index (χ1v) is 12.1. The van der Waals surface area contributed by atoms with Crippen LogP contribution in [0.25, 0.3) is 11.1 Å². The van der Waals surface area contributed by atoms with Gasteiger partial charge in [0, 0.05) is 11.0 Å². The predicted octanol–water partition coefficient (Wildman–Crippen LogP) is 7.16. The highest BCUT2D eigenvalue weighted by Crippen LogP contribution is 2.68. The van der Waals surface area contributed by atoms with Crippen molar-refractivity contribution in [3.63, 3.8) is 0 Å². The lowest BCUT2D eigenvalue weighted by molar-refractivity contribution is 0.397. The van der Waals surface area contributed by atoms with Gasteiger partial charge in [0.15, 0.2) is 0 Å². The molecule has 1 aliphatic heterocycles. The monoisotopic (exact) mass is 433 g/mol. The van der Waals surface area contributed by atoms with Crippen LogP contribution in [-0.2, 0) is 0 Å². The summed E-state index contributed by atoms with van der Waals surface area (Å²) in [5.74, 6) is 1.68. The average Bonchev–Trinajstić information content (AvgIpc) is 2.99. The van der Waals surface area contributed by atoms with Gasteiger partial charge in [-0.3, -0.25) is 0 Å². The van der Waals surface area contributed by atoms with Crippen LogP contribution in [0.5, 0.6) is 11.5 Å². The molecule has 0 aliphatic carbocycles. The predicted molar refractivity (Wildman–Crippen MR) is 134 cm³/mol. The van der Waals surface area contributed by atoms with E-state index in [0.717, 1.165) is 17.1 Å². The summed E-state index contributed by atoms with van der Waals surface area (Å²) in [5, 5.41) is 1.48. The molecule has 3 nitrogen and oxygen atoms in total. The molecule has 1 heterocycles. The first-order valence-electron chi connectivity index (χ1n) is 10.7. The van der Waals surface area contributed by atoms with Crippen molar-refractivity contribution in [3.05, 3.63) is 66.7 Å². The van der Waals surface area contributed by atoms with Gasteiger partial charge in [0.1, 0.15) is 11.5 Å². The number of nitrogens with zero attached hydrogens (tertiary/aromatic N) is 1. The maximum atomic E-state index is 5.80. The van der Waals surface area contributed by atoms with Gasteiger partial charge in [0.25, 0.3) is 0 Å². The molecule has 0 saturated carbocycles. The SMILES string of the molecule is COc1cccc(OC)c1-c1cccc2c1[P@@](C(C)(C)C)C(C)(C)N2c1ccccc1. The van der Waals surface area contributed by atoms with Gasteiger partial charge in [-0.1, -0.05) is 57.2 Å². The van der Waals surface area contributed by atoms with Crippen molar-refractivity contribution in [3.8, 4) is 22.6 Å². The van der Waals surface area contributed by atoms with E-state index in [2.05, 4.69) is 88.0 Å². The van der Waals surface area contributed by atoms with Gasteiger partial charge in [0.2, 0.25) is 0 Å². The van der Waals surface area contributed by atoms with Crippen LogP contribution in [0.1, 0.15) is 34.6 Å². The molecule has 3 aromatic rings. The van der Waals surface area contributed by atoms with Gasteiger partial charge in [-0.05, 0) is 62.8 Å². The normalized spacial score (nSPS) is 17.4. The van der Waals surface area contributed by atoms with Crippen LogP contribution >= 0.6 is 7.92 Å². The fourth-order valence-electron chi connectivity index (χ4n) is 5.12. The van der Waals surface area contributed by atoms with Gasteiger partial charge in [-0.15, -0.1) is 0 Å². The second-order valence-corrected chi connectivity index (χ2v) is 12.9. The number of benzene rings is 3. The number of para-hydroxylation sites is 1. The lowest BCUT2D eigenvalue weighted by Crippen LogP contribution is -2.38. The van der Waals surface area contributed by atoms with Crippen molar-refractivity contribution in [1.29, 1.82) is 0 Å². The van der Waals surface area contributed by atoms with Crippen LogP contribution in [0.2, 0.25) is 0 Å². The lowest BCUT2D eigenvalue weighted by Gasteiger charge is -2.43. The molecule has 3 aromatic carbocycles. The Kier molecular flexibility index (Phi) is 5.52. The Balaban J connectivity index is 2.08. The summed E-state index contributed by atoms with van der Waals surface area (Å²) in [5.41, 5.74) is 4.75. The zero-order valence-corrected chi connectivity index (χ0v) is 20.5. The van der Waals surface area contributed by atoms with Crippen molar-refractivity contribution >= 4 is 24.6 Å². The maximum absolute atomic E-state index is 5.80. The van der Waals surface area contributed by atoms with Crippen LogP contribution in [0.4, 0.5) is 11.4 Å². The van der Waals surface area contributed by atoms with Crippen LogP contribution in [-0.4, -0.2) is 24.7 Å². The van der Waals surface area contributed by atoms with E-state index in [1.54, 1.807) is 14.2 Å². The topological polar surface area (TPSA) is 21.7 Å². The Hall–Kier alpha value is -2.51. The molecular weight excluding hydrogens is 401 g/mol. The summed E-state index contributed by atoms with van der Waals surface area (Å²) in [6.45, 7) is 11.9. The number of rotatable bonds is 4. The number of hydrogen-bond acceptors (Lipinski definition) is 3. The minimum absolute atomic E-state index is 0.0530.